The number of ether oxygens (including phenoxy) is 1. The molecule has 7 heteroatoms. The number of carboxylic acids is 1. The fourth-order valence-electron chi connectivity index (χ4n) is 1.40. The van der Waals surface area contributed by atoms with Gasteiger partial charge in [0, 0.05) is 7.11 Å². The summed E-state index contributed by atoms with van der Waals surface area (Å²) in [5, 5.41) is 7.81. The van der Waals surface area contributed by atoms with E-state index in [4.69, 9.17) is 9.84 Å². The molecule has 1 unspecified atom stereocenters. The smallest absolute Gasteiger partial charge is 0.335 e. The summed E-state index contributed by atoms with van der Waals surface area (Å²) in [5.74, 6) is -2.28. The summed E-state index contributed by atoms with van der Waals surface area (Å²) < 4.78 is 42.2. The molecule has 0 amide bonds. The van der Waals surface area contributed by atoms with Gasteiger partial charge in [-0.05, 0) is 25.1 Å². The number of aromatic carboxylic acids is 1. The molecule has 0 fully saturated rings. The van der Waals surface area contributed by atoms with Gasteiger partial charge in [-0.2, -0.15) is 0 Å². The summed E-state index contributed by atoms with van der Waals surface area (Å²) in [4.78, 5) is 10.1. The SMILES string of the molecule is COCC(C)S(=O)(=O)c1cc(C(=O)O)ccc1F. The Kier molecular flexibility index (Phi) is 4.42. The van der Waals surface area contributed by atoms with Crippen molar-refractivity contribution in [2.24, 2.45) is 0 Å². The fraction of sp³-hybridized carbons (Fsp3) is 0.364. The van der Waals surface area contributed by atoms with Gasteiger partial charge >= 0.3 is 5.97 Å². The number of halogens is 1. The molecule has 1 atom stereocenters. The topological polar surface area (TPSA) is 80.7 Å². The van der Waals surface area contributed by atoms with Crippen molar-refractivity contribution in [1.29, 1.82) is 0 Å². The van der Waals surface area contributed by atoms with Gasteiger partial charge in [-0.25, -0.2) is 17.6 Å². The van der Waals surface area contributed by atoms with E-state index < -0.39 is 31.8 Å². The summed E-state index contributed by atoms with van der Waals surface area (Å²) in [6.45, 7) is 1.27. The van der Waals surface area contributed by atoms with Crippen LogP contribution in [-0.4, -0.2) is 38.5 Å². The Labute approximate surface area is 104 Å². The van der Waals surface area contributed by atoms with Crippen molar-refractivity contribution >= 4 is 15.8 Å². The van der Waals surface area contributed by atoms with E-state index in [1.807, 2.05) is 0 Å². The molecule has 100 valence electrons. The zero-order valence-electron chi connectivity index (χ0n) is 9.88. The molecule has 0 aliphatic heterocycles. The Morgan fingerprint density at radius 2 is 2.11 bits per heavy atom. The predicted octanol–water partition coefficient (Wildman–Crippen LogP) is 1.33. The van der Waals surface area contributed by atoms with Crippen LogP contribution in [0.15, 0.2) is 23.1 Å². The quantitative estimate of drug-likeness (QED) is 0.877. The first kappa shape index (κ1) is 14.6. The Morgan fingerprint density at radius 3 is 2.61 bits per heavy atom. The van der Waals surface area contributed by atoms with Crippen LogP contribution in [-0.2, 0) is 14.6 Å². The first-order chi connectivity index (χ1) is 8.30. The standard InChI is InChI=1S/C11H13FO5S/c1-7(6-17-2)18(15,16)10-5-8(11(13)14)3-4-9(10)12/h3-5,7H,6H2,1-2H3,(H,13,14). The largest absolute Gasteiger partial charge is 0.478 e. The summed E-state index contributed by atoms with van der Waals surface area (Å²) in [5.41, 5.74) is -0.278. The molecule has 0 radical (unpaired) electrons. The van der Waals surface area contributed by atoms with Gasteiger partial charge in [0.2, 0.25) is 0 Å². The van der Waals surface area contributed by atoms with Crippen LogP contribution in [0.2, 0.25) is 0 Å². The van der Waals surface area contributed by atoms with Crippen LogP contribution < -0.4 is 0 Å². The third kappa shape index (κ3) is 2.85. The number of rotatable bonds is 5. The highest BCUT2D eigenvalue weighted by Gasteiger charge is 2.27. The number of hydrogen-bond donors (Lipinski definition) is 1. The molecule has 0 spiro atoms. The van der Waals surface area contributed by atoms with Crippen molar-refractivity contribution in [2.45, 2.75) is 17.1 Å². The number of benzene rings is 1. The van der Waals surface area contributed by atoms with E-state index in [9.17, 15) is 17.6 Å². The van der Waals surface area contributed by atoms with Crippen molar-refractivity contribution in [3.8, 4) is 0 Å². The minimum atomic E-state index is -3.95. The molecule has 0 bridgehead atoms. The molecule has 1 aromatic carbocycles. The molecule has 1 N–H and O–H groups in total. The van der Waals surface area contributed by atoms with Gasteiger partial charge in [0.25, 0.3) is 0 Å². The van der Waals surface area contributed by atoms with E-state index in [1.54, 1.807) is 0 Å². The highest BCUT2D eigenvalue weighted by Crippen LogP contribution is 2.21. The van der Waals surface area contributed by atoms with Crippen molar-refractivity contribution < 1.29 is 27.4 Å². The van der Waals surface area contributed by atoms with Gasteiger partial charge < -0.3 is 9.84 Å². The Balaban J connectivity index is 3.31. The Bertz CT molecular complexity index is 553. The lowest BCUT2D eigenvalue weighted by molar-refractivity contribution is 0.0696. The van der Waals surface area contributed by atoms with Crippen molar-refractivity contribution in [2.75, 3.05) is 13.7 Å². The van der Waals surface area contributed by atoms with E-state index >= 15 is 0 Å². The number of hydrogen-bond acceptors (Lipinski definition) is 4. The van der Waals surface area contributed by atoms with Crippen LogP contribution in [0.3, 0.4) is 0 Å². The summed E-state index contributed by atoms with van der Waals surface area (Å²) in [7, 11) is -2.62. The van der Waals surface area contributed by atoms with E-state index in [0.29, 0.717) is 0 Å². The summed E-state index contributed by atoms with van der Waals surface area (Å²) in [6, 6.07) is 2.66. The maximum Gasteiger partial charge on any atom is 0.335 e. The lowest BCUT2D eigenvalue weighted by Crippen LogP contribution is -2.24. The van der Waals surface area contributed by atoms with Gasteiger partial charge in [0.05, 0.1) is 17.4 Å². The molecule has 0 aromatic heterocycles. The van der Waals surface area contributed by atoms with Crippen molar-refractivity contribution in [3.63, 3.8) is 0 Å². The van der Waals surface area contributed by atoms with Gasteiger partial charge in [-0.1, -0.05) is 0 Å². The molecule has 0 aliphatic carbocycles. The van der Waals surface area contributed by atoms with Gasteiger partial charge in [0.1, 0.15) is 10.7 Å². The molecule has 0 heterocycles. The van der Waals surface area contributed by atoms with Gasteiger partial charge in [-0.15, -0.1) is 0 Å². The maximum atomic E-state index is 13.5. The zero-order chi connectivity index (χ0) is 13.9. The van der Waals surface area contributed by atoms with E-state index in [2.05, 4.69) is 0 Å². The second-order valence-corrected chi connectivity index (χ2v) is 6.10. The second-order valence-electron chi connectivity index (χ2n) is 3.76. The fourth-order valence-corrected chi connectivity index (χ4v) is 2.78. The molecule has 1 aromatic rings. The normalized spacial score (nSPS) is 13.3. The Morgan fingerprint density at radius 1 is 1.50 bits per heavy atom. The van der Waals surface area contributed by atoms with Crippen LogP contribution in [0.1, 0.15) is 17.3 Å². The number of carbonyl (C=O) groups is 1. The molecular formula is C11H13FO5S. The van der Waals surface area contributed by atoms with Crippen LogP contribution in [0.5, 0.6) is 0 Å². The van der Waals surface area contributed by atoms with E-state index in [0.717, 1.165) is 18.2 Å². The molecule has 0 saturated carbocycles. The van der Waals surface area contributed by atoms with Crippen LogP contribution >= 0.6 is 0 Å². The van der Waals surface area contributed by atoms with Crippen LogP contribution in [0, 0.1) is 5.82 Å². The number of methoxy groups -OCH3 is 1. The average molecular weight is 276 g/mol. The van der Waals surface area contributed by atoms with Crippen LogP contribution in [0.4, 0.5) is 4.39 Å². The maximum absolute atomic E-state index is 13.5. The Hall–Kier alpha value is -1.47. The zero-order valence-corrected chi connectivity index (χ0v) is 10.7. The number of carboxylic acid groups (broad SMARTS) is 1. The monoisotopic (exact) mass is 276 g/mol. The lowest BCUT2D eigenvalue weighted by Gasteiger charge is -2.13. The van der Waals surface area contributed by atoms with E-state index in [1.165, 1.54) is 14.0 Å². The van der Waals surface area contributed by atoms with E-state index in [-0.39, 0.29) is 12.2 Å². The van der Waals surface area contributed by atoms with Gasteiger partial charge in [-0.3, -0.25) is 0 Å². The number of sulfone groups is 1. The molecule has 18 heavy (non-hydrogen) atoms. The third-order valence-electron chi connectivity index (χ3n) is 2.42. The highest BCUT2D eigenvalue weighted by atomic mass is 32.2. The highest BCUT2D eigenvalue weighted by molar-refractivity contribution is 7.92. The van der Waals surface area contributed by atoms with Gasteiger partial charge in [0.15, 0.2) is 9.84 Å². The molecular weight excluding hydrogens is 263 g/mol. The summed E-state index contributed by atoms with van der Waals surface area (Å²) in [6.07, 6.45) is 0. The van der Waals surface area contributed by atoms with Crippen molar-refractivity contribution in [1.82, 2.24) is 0 Å². The molecule has 5 nitrogen and oxygen atoms in total. The third-order valence-corrected chi connectivity index (χ3v) is 4.54. The van der Waals surface area contributed by atoms with Crippen LogP contribution in [0.25, 0.3) is 0 Å². The minimum Gasteiger partial charge on any atom is -0.478 e. The minimum absolute atomic E-state index is 0.0981. The first-order valence-corrected chi connectivity index (χ1v) is 6.61. The molecule has 1 rings (SSSR count). The van der Waals surface area contributed by atoms with Crippen molar-refractivity contribution in [3.05, 3.63) is 29.6 Å². The molecule has 0 saturated heterocycles. The second kappa shape index (κ2) is 5.45. The molecule has 0 aliphatic rings. The average Bonchev–Trinajstić information content (AvgIpc) is 2.29. The first-order valence-electron chi connectivity index (χ1n) is 5.06. The summed E-state index contributed by atoms with van der Waals surface area (Å²) >= 11 is 0. The predicted molar refractivity (Wildman–Crippen MR) is 61.9 cm³/mol. The lowest BCUT2D eigenvalue weighted by atomic mass is 10.2.